The zero-order valence-electron chi connectivity index (χ0n) is 18.4. The number of halogens is 1. The third-order valence-corrected chi connectivity index (χ3v) is 6.44. The van der Waals surface area contributed by atoms with Crippen molar-refractivity contribution in [3.63, 3.8) is 0 Å². The molecule has 0 bridgehead atoms. The Balaban J connectivity index is 1.56. The number of rotatable bonds is 4. The van der Waals surface area contributed by atoms with Crippen molar-refractivity contribution in [2.75, 3.05) is 43.4 Å². The van der Waals surface area contributed by atoms with Crippen molar-refractivity contribution in [1.29, 1.82) is 0 Å². The van der Waals surface area contributed by atoms with Crippen molar-refractivity contribution in [3.05, 3.63) is 69.8 Å². The number of piperazine rings is 1. The second-order valence-corrected chi connectivity index (χ2v) is 8.94. The van der Waals surface area contributed by atoms with Gasteiger partial charge in [0, 0.05) is 49.5 Å². The maximum absolute atomic E-state index is 15.1. The first-order valence-electron chi connectivity index (χ1n) is 11.1. The molecule has 0 radical (unpaired) electrons. The van der Waals surface area contributed by atoms with Gasteiger partial charge < -0.3 is 19.7 Å². The van der Waals surface area contributed by atoms with Crippen LogP contribution < -0.4 is 15.6 Å². The van der Waals surface area contributed by atoms with E-state index in [-0.39, 0.29) is 17.0 Å². The molecular formula is C25H27FN4O2. The van der Waals surface area contributed by atoms with Gasteiger partial charge in [0.2, 0.25) is 5.43 Å². The van der Waals surface area contributed by atoms with Crippen molar-refractivity contribution in [2.24, 2.45) is 0 Å². The molecule has 7 heteroatoms. The summed E-state index contributed by atoms with van der Waals surface area (Å²) in [5.41, 5.74) is 2.52. The van der Waals surface area contributed by atoms with Crippen molar-refractivity contribution < 1.29 is 9.18 Å². The summed E-state index contributed by atoms with van der Waals surface area (Å²) in [6.45, 7) is 5.18. The fourth-order valence-electron chi connectivity index (χ4n) is 4.30. The van der Waals surface area contributed by atoms with E-state index in [2.05, 4.69) is 17.3 Å². The van der Waals surface area contributed by atoms with E-state index >= 15 is 4.39 Å². The molecule has 2 aliphatic rings. The second kappa shape index (κ2) is 8.06. The van der Waals surface area contributed by atoms with Gasteiger partial charge in [-0.1, -0.05) is 17.7 Å². The molecule has 1 saturated carbocycles. The maximum atomic E-state index is 15.1. The largest absolute Gasteiger partial charge is 0.367 e. The maximum Gasteiger partial charge on any atom is 0.261 e. The normalized spacial score (nSPS) is 17.0. The molecule has 0 spiro atoms. The summed E-state index contributed by atoms with van der Waals surface area (Å²) in [6, 6.07) is 10.7. The Morgan fingerprint density at radius 2 is 1.75 bits per heavy atom. The smallest absolute Gasteiger partial charge is 0.261 e. The van der Waals surface area contributed by atoms with E-state index < -0.39 is 17.2 Å². The lowest BCUT2D eigenvalue weighted by molar-refractivity contribution is 0.102. The van der Waals surface area contributed by atoms with E-state index in [1.165, 1.54) is 6.07 Å². The summed E-state index contributed by atoms with van der Waals surface area (Å²) in [5.74, 6) is -0.892. The third kappa shape index (κ3) is 3.88. The quantitative estimate of drug-likeness (QED) is 0.679. The van der Waals surface area contributed by atoms with Crippen molar-refractivity contribution >= 4 is 28.2 Å². The lowest BCUT2D eigenvalue weighted by Crippen LogP contribution is -2.44. The van der Waals surface area contributed by atoms with E-state index in [1.807, 2.05) is 28.5 Å². The molecule has 2 aromatic carbocycles. The number of carbonyl (C=O) groups excluding carboxylic acids is 1. The van der Waals surface area contributed by atoms with Gasteiger partial charge in [0.05, 0.1) is 11.2 Å². The van der Waals surface area contributed by atoms with E-state index in [9.17, 15) is 9.59 Å². The van der Waals surface area contributed by atoms with Gasteiger partial charge in [-0.15, -0.1) is 0 Å². The number of hydrogen-bond acceptors (Lipinski definition) is 4. The molecule has 3 aromatic rings. The zero-order valence-corrected chi connectivity index (χ0v) is 18.4. The van der Waals surface area contributed by atoms with Crippen molar-refractivity contribution in [3.8, 4) is 0 Å². The molecular weight excluding hydrogens is 407 g/mol. The van der Waals surface area contributed by atoms with Crippen LogP contribution in [0.15, 0.2) is 47.4 Å². The molecule has 1 amide bonds. The molecule has 0 unspecified atom stereocenters. The van der Waals surface area contributed by atoms with Gasteiger partial charge in [-0.25, -0.2) is 4.39 Å². The molecule has 2 fully saturated rings. The second-order valence-electron chi connectivity index (χ2n) is 8.94. The molecule has 1 aromatic heterocycles. The molecule has 1 N–H and O–H groups in total. The van der Waals surface area contributed by atoms with Crippen LogP contribution >= 0.6 is 0 Å². The SMILES string of the molecule is Cc1ccc(NC(=O)c2cn(C3CC3)c3cc(N4CCN(C)CC4)c(F)cc3c2=O)cc1. The van der Waals surface area contributed by atoms with Crippen LogP contribution in [0.3, 0.4) is 0 Å². The standard InChI is InChI=1S/C25H27FN4O2/c1-16-3-5-17(6-4-16)27-25(32)20-15-30(18-7-8-18)22-14-23(21(26)13-19(22)24(20)31)29-11-9-28(2)10-12-29/h3-6,13-15,18H,7-12H2,1-2H3,(H,27,32). The van der Waals surface area contributed by atoms with Gasteiger partial charge in [0.15, 0.2) is 0 Å². The van der Waals surface area contributed by atoms with Crippen LogP contribution in [0.5, 0.6) is 0 Å². The number of aromatic nitrogens is 1. The topological polar surface area (TPSA) is 57.6 Å². The van der Waals surface area contributed by atoms with E-state index in [4.69, 9.17) is 0 Å². The van der Waals surface area contributed by atoms with Crippen LogP contribution in [-0.2, 0) is 0 Å². The predicted octanol–water partition coefficient (Wildman–Crippen LogP) is 3.79. The van der Waals surface area contributed by atoms with Gasteiger partial charge in [0.1, 0.15) is 11.4 Å². The number of anilines is 2. The number of nitrogens with zero attached hydrogens (tertiary/aromatic N) is 3. The number of carbonyl (C=O) groups is 1. The first-order chi connectivity index (χ1) is 15.4. The molecule has 1 aliphatic carbocycles. The number of pyridine rings is 1. The van der Waals surface area contributed by atoms with Crippen LogP contribution in [0.25, 0.3) is 10.9 Å². The third-order valence-electron chi connectivity index (χ3n) is 6.44. The lowest BCUT2D eigenvalue weighted by atomic mass is 10.1. The first-order valence-corrected chi connectivity index (χ1v) is 11.1. The van der Waals surface area contributed by atoms with Gasteiger partial charge >= 0.3 is 0 Å². The van der Waals surface area contributed by atoms with Crippen molar-refractivity contribution in [2.45, 2.75) is 25.8 Å². The molecule has 1 saturated heterocycles. The minimum absolute atomic E-state index is 0.0386. The van der Waals surface area contributed by atoms with Crippen LogP contribution in [-0.4, -0.2) is 48.6 Å². The average Bonchev–Trinajstić information content (AvgIpc) is 3.61. The fourth-order valence-corrected chi connectivity index (χ4v) is 4.30. The Bertz CT molecular complexity index is 1240. The van der Waals surface area contributed by atoms with Gasteiger partial charge in [0.25, 0.3) is 5.91 Å². The summed E-state index contributed by atoms with van der Waals surface area (Å²) < 4.78 is 17.1. The number of nitrogens with one attached hydrogen (secondary N) is 1. The highest BCUT2D eigenvalue weighted by Gasteiger charge is 2.28. The summed E-state index contributed by atoms with van der Waals surface area (Å²) in [7, 11) is 2.06. The molecule has 166 valence electrons. The van der Waals surface area contributed by atoms with E-state index in [0.717, 1.165) is 44.6 Å². The van der Waals surface area contributed by atoms with Gasteiger partial charge in [-0.3, -0.25) is 9.59 Å². The molecule has 1 aliphatic heterocycles. The Morgan fingerprint density at radius 1 is 1.06 bits per heavy atom. The monoisotopic (exact) mass is 434 g/mol. The van der Waals surface area contributed by atoms with E-state index in [1.54, 1.807) is 24.4 Å². The minimum atomic E-state index is -0.473. The molecule has 2 heterocycles. The van der Waals surface area contributed by atoms with Crippen LogP contribution in [0, 0.1) is 12.7 Å². The van der Waals surface area contributed by atoms with Crippen LogP contribution in [0.4, 0.5) is 15.8 Å². The molecule has 5 rings (SSSR count). The van der Waals surface area contributed by atoms with Crippen LogP contribution in [0.1, 0.15) is 34.8 Å². The number of hydrogen-bond donors (Lipinski definition) is 1. The van der Waals surface area contributed by atoms with Crippen molar-refractivity contribution in [1.82, 2.24) is 9.47 Å². The lowest BCUT2D eigenvalue weighted by Gasteiger charge is -2.34. The first kappa shape index (κ1) is 20.7. The summed E-state index contributed by atoms with van der Waals surface area (Å²) in [5, 5.41) is 3.05. The van der Waals surface area contributed by atoms with Gasteiger partial charge in [-0.05, 0) is 51.1 Å². The highest BCUT2D eigenvalue weighted by atomic mass is 19.1. The molecule has 0 atom stereocenters. The Labute approximate surface area is 186 Å². The number of aryl methyl sites for hydroxylation is 1. The number of benzene rings is 2. The zero-order chi connectivity index (χ0) is 22.4. The predicted molar refractivity (Wildman–Crippen MR) is 125 cm³/mol. The molecule has 6 nitrogen and oxygen atoms in total. The number of amides is 1. The number of fused-ring (bicyclic) bond motifs is 1. The summed E-state index contributed by atoms with van der Waals surface area (Å²) in [6.07, 6.45) is 3.62. The average molecular weight is 435 g/mol. The van der Waals surface area contributed by atoms with Crippen LogP contribution in [0.2, 0.25) is 0 Å². The summed E-state index contributed by atoms with van der Waals surface area (Å²) >= 11 is 0. The summed E-state index contributed by atoms with van der Waals surface area (Å²) in [4.78, 5) is 30.4. The Morgan fingerprint density at radius 3 is 2.41 bits per heavy atom. The Hall–Kier alpha value is -3.19. The number of likely N-dealkylation sites (N-methyl/N-ethyl adjacent to an activating group) is 1. The highest BCUT2D eigenvalue weighted by molar-refractivity contribution is 6.06. The minimum Gasteiger partial charge on any atom is -0.367 e. The fraction of sp³-hybridized carbons (Fsp3) is 0.360. The van der Waals surface area contributed by atoms with E-state index in [0.29, 0.717) is 16.9 Å². The van der Waals surface area contributed by atoms with Gasteiger partial charge in [-0.2, -0.15) is 0 Å². The Kier molecular flexibility index (Phi) is 5.21. The highest BCUT2D eigenvalue weighted by Crippen LogP contribution is 2.38. The molecule has 32 heavy (non-hydrogen) atoms.